The van der Waals surface area contributed by atoms with E-state index in [2.05, 4.69) is 30.7 Å². The van der Waals surface area contributed by atoms with E-state index < -0.39 is 5.97 Å². The highest BCUT2D eigenvalue weighted by Gasteiger charge is 2.13. The predicted molar refractivity (Wildman–Crippen MR) is 115 cm³/mol. The Kier molecular flexibility index (Phi) is 7.17. The fraction of sp³-hybridized carbons (Fsp3) is 0.375. The Hall–Kier alpha value is -2.95. The zero-order valence-corrected chi connectivity index (χ0v) is 17.3. The number of nitrogens with zero attached hydrogens (tertiary/aromatic N) is 3. The molecule has 1 heterocycles. The van der Waals surface area contributed by atoms with Crippen LogP contribution in [-0.2, 0) is 19.4 Å². The van der Waals surface area contributed by atoms with E-state index in [1.54, 1.807) is 12.1 Å². The van der Waals surface area contributed by atoms with Gasteiger partial charge in [-0.2, -0.15) is 5.10 Å². The minimum atomic E-state index is -0.909. The molecule has 5 nitrogen and oxygen atoms in total. The van der Waals surface area contributed by atoms with Crippen LogP contribution >= 0.6 is 0 Å². The summed E-state index contributed by atoms with van der Waals surface area (Å²) in [6.07, 6.45) is 6.16. The highest BCUT2D eigenvalue weighted by atomic mass is 16.4. The third-order valence-electron chi connectivity index (χ3n) is 5.02. The van der Waals surface area contributed by atoms with Crippen molar-refractivity contribution in [3.8, 4) is 11.1 Å². The van der Waals surface area contributed by atoms with Crippen LogP contribution in [0.1, 0.15) is 67.1 Å². The number of aromatic carboxylic acids is 1. The van der Waals surface area contributed by atoms with E-state index in [0.29, 0.717) is 5.56 Å². The molecule has 0 unspecified atom stereocenters. The zero-order valence-electron chi connectivity index (χ0n) is 17.3. The Morgan fingerprint density at radius 1 is 1.00 bits per heavy atom. The summed E-state index contributed by atoms with van der Waals surface area (Å²) in [4.78, 5) is 16.3. The first-order valence-corrected chi connectivity index (χ1v) is 10.5. The summed E-state index contributed by atoms with van der Waals surface area (Å²) in [5.41, 5.74) is 3.11. The van der Waals surface area contributed by atoms with Gasteiger partial charge in [-0.25, -0.2) is 14.5 Å². The topological polar surface area (TPSA) is 68.0 Å². The molecule has 1 N–H and O–H groups in total. The molecule has 0 amide bonds. The molecule has 1 aromatic heterocycles. The second kappa shape index (κ2) is 10.0. The fourth-order valence-electron chi connectivity index (χ4n) is 3.48. The lowest BCUT2D eigenvalue weighted by Crippen LogP contribution is -2.07. The monoisotopic (exact) mass is 391 g/mol. The van der Waals surface area contributed by atoms with Gasteiger partial charge in [0, 0.05) is 19.4 Å². The van der Waals surface area contributed by atoms with Gasteiger partial charge in [0.15, 0.2) is 5.82 Å². The van der Waals surface area contributed by atoms with E-state index in [1.165, 1.54) is 12.8 Å². The van der Waals surface area contributed by atoms with Crippen LogP contribution in [0.3, 0.4) is 0 Å². The van der Waals surface area contributed by atoms with Crippen molar-refractivity contribution in [2.45, 2.75) is 58.9 Å². The number of carboxylic acid groups (broad SMARTS) is 1. The number of carbonyl (C=O) groups is 1. The molecule has 29 heavy (non-hydrogen) atoms. The molecule has 0 radical (unpaired) electrons. The molecule has 0 aliphatic carbocycles. The standard InChI is InChI=1S/C24H29N3O2/c1-3-5-8-16-27-23(25-22(26-27)9-4-2)17-18-12-14-19(15-13-18)20-10-6-7-11-21(20)24(28)29/h6-7,10-15H,3-5,8-9,16-17H2,1-2H3,(H,28,29). The summed E-state index contributed by atoms with van der Waals surface area (Å²) < 4.78 is 2.06. The largest absolute Gasteiger partial charge is 0.478 e. The van der Waals surface area contributed by atoms with Crippen molar-refractivity contribution in [2.24, 2.45) is 0 Å². The summed E-state index contributed by atoms with van der Waals surface area (Å²) in [6.45, 7) is 5.25. The van der Waals surface area contributed by atoms with Gasteiger partial charge in [-0.1, -0.05) is 69.2 Å². The maximum atomic E-state index is 11.5. The lowest BCUT2D eigenvalue weighted by atomic mass is 9.98. The number of hydrogen-bond acceptors (Lipinski definition) is 3. The zero-order chi connectivity index (χ0) is 20.6. The highest BCUT2D eigenvalue weighted by molar-refractivity contribution is 5.95. The summed E-state index contributed by atoms with van der Waals surface area (Å²) in [7, 11) is 0. The fourth-order valence-corrected chi connectivity index (χ4v) is 3.48. The van der Waals surface area contributed by atoms with Gasteiger partial charge < -0.3 is 5.11 Å². The molecule has 0 aliphatic rings. The van der Waals surface area contributed by atoms with E-state index in [4.69, 9.17) is 10.1 Å². The van der Waals surface area contributed by atoms with Gasteiger partial charge in [-0.05, 0) is 35.6 Å². The Bertz CT molecular complexity index is 945. The molecule has 5 heteroatoms. The van der Waals surface area contributed by atoms with Gasteiger partial charge >= 0.3 is 5.97 Å². The maximum Gasteiger partial charge on any atom is 0.336 e. The average Bonchev–Trinajstić information content (AvgIpc) is 3.10. The van der Waals surface area contributed by atoms with Crippen LogP contribution < -0.4 is 0 Å². The second-order valence-electron chi connectivity index (χ2n) is 7.35. The normalized spacial score (nSPS) is 11.0. The molecule has 0 aliphatic heterocycles. The lowest BCUT2D eigenvalue weighted by Gasteiger charge is -2.08. The first-order chi connectivity index (χ1) is 14.1. The van der Waals surface area contributed by atoms with Gasteiger partial charge in [0.1, 0.15) is 5.82 Å². The summed E-state index contributed by atoms with van der Waals surface area (Å²) >= 11 is 0. The number of aromatic nitrogens is 3. The van der Waals surface area contributed by atoms with Crippen LogP contribution in [0.2, 0.25) is 0 Å². The summed E-state index contributed by atoms with van der Waals surface area (Å²) in [6, 6.07) is 15.2. The Morgan fingerprint density at radius 2 is 1.76 bits per heavy atom. The van der Waals surface area contributed by atoms with E-state index in [9.17, 15) is 9.90 Å². The minimum Gasteiger partial charge on any atom is -0.478 e. The van der Waals surface area contributed by atoms with E-state index in [-0.39, 0.29) is 0 Å². The maximum absolute atomic E-state index is 11.5. The SMILES string of the molecule is CCCCCn1nc(CCC)nc1Cc1ccc(-c2ccccc2C(=O)O)cc1. The molecule has 0 bridgehead atoms. The van der Waals surface area contributed by atoms with Crippen molar-refractivity contribution in [2.75, 3.05) is 0 Å². The molecule has 0 saturated carbocycles. The molecular weight excluding hydrogens is 362 g/mol. The third-order valence-corrected chi connectivity index (χ3v) is 5.02. The van der Waals surface area contributed by atoms with Crippen molar-refractivity contribution >= 4 is 5.97 Å². The van der Waals surface area contributed by atoms with Crippen LogP contribution in [0, 0.1) is 0 Å². The minimum absolute atomic E-state index is 0.320. The smallest absolute Gasteiger partial charge is 0.336 e. The number of aryl methyl sites for hydroxylation is 2. The van der Waals surface area contributed by atoms with Crippen molar-refractivity contribution in [3.05, 3.63) is 71.3 Å². The Labute approximate surface area is 172 Å². The van der Waals surface area contributed by atoms with E-state index in [1.807, 2.05) is 24.3 Å². The van der Waals surface area contributed by atoms with Gasteiger partial charge in [0.25, 0.3) is 0 Å². The quantitative estimate of drug-likeness (QED) is 0.471. The van der Waals surface area contributed by atoms with Gasteiger partial charge in [-0.3, -0.25) is 0 Å². The molecule has 3 rings (SSSR count). The van der Waals surface area contributed by atoms with Crippen molar-refractivity contribution in [1.29, 1.82) is 0 Å². The van der Waals surface area contributed by atoms with Crippen molar-refractivity contribution < 1.29 is 9.90 Å². The molecule has 2 aromatic carbocycles. The number of benzene rings is 2. The van der Waals surface area contributed by atoms with Gasteiger partial charge in [0.05, 0.1) is 5.56 Å². The van der Waals surface area contributed by atoms with Crippen LogP contribution in [0.5, 0.6) is 0 Å². The van der Waals surface area contributed by atoms with Gasteiger partial charge in [0.2, 0.25) is 0 Å². The van der Waals surface area contributed by atoms with Gasteiger partial charge in [-0.15, -0.1) is 0 Å². The van der Waals surface area contributed by atoms with Crippen LogP contribution in [0.25, 0.3) is 11.1 Å². The van der Waals surface area contributed by atoms with E-state index in [0.717, 1.165) is 60.6 Å². The summed E-state index contributed by atoms with van der Waals surface area (Å²) in [5, 5.41) is 14.1. The number of hydrogen-bond donors (Lipinski definition) is 1. The molecule has 152 valence electrons. The van der Waals surface area contributed by atoms with E-state index >= 15 is 0 Å². The molecule has 0 spiro atoms. The molecule has 0 atom stereocenters. The Balaban J connectivity index is 1.80. The molecular formula is C24H29N3O2. The third kappa shape index (κ3) is 5.31. The molecule has 0 saturated heterocycles. The van der Waals surface area contributed by atoms with Crippen LogP contribution in [0.15, 0.2) is 48.5 Å². The second-order valence-corrected chi connectivity index (χ2v) is 7.35. The number of carboxylic acids is 1. The Morgan fingerprint density at radius 3 is 2.45 bits per heavy atom. The first kappa shape index (κ1) is 20.8. The predicted octanol–water partition coefficient (Wildman–Crippen LogP) is 5.38. The number of rotatable bonds is 10. The van der Waals surface area contributed by atoms with Crippen molar-refractivity contribution in [3.63, 3.8) is 0 Å². The lowest BCUT2D eigenvalue weighted by molar-refractivity contribution is 0.0697. The van der Waals surface area contributed by atoms with Crippen LogP contribution in [0.4, 0.5) is 0 Å². The highest BCUT2D eigenvalue weighted by Crippen LogP contribution is 2.24. The average molecular weight is 392 g/mol. The summed E-state index contributed by atoms with van der Waals surface area (Å²) in [5.74, 6) is 1.02. The molecule has 0 fully saturated rings. The molecule has 3 aromatic rings. The van der Waals surface area contributed by atoms with Crippen molar-refractivity contribution in [1.82, 2.24) is 14.8 Å². The van der Waals surface area contributed by atoms with Crippen LogP contribution in [-0.4, -0.2) is 25.8 Å². The first-order valence-electron chi connectivity index (χ1n) is 10.5. The number of unbranched alkanes of at least 4 members (excludes halogenated alkanes) is 2.